The standard InChI is InChI=1S/C5H10O5/c6-1-2-8-5-9-3-7-4-10-5/h5-6H,1-4H2. The molecule has 0 spiro atoms. The van der Waals surface area contributed by atoms with Crippen molar-refractivity contribution in [2.45, 2.75) is 6.48 Å². The molecule has 1 fully saturated rings. The summed E-state index contributed by atoms with van der Waals surface area (Å²) in [5.74, 6) is 0. The maximum atomic E-state index is 8.33. The van der Waals surface area contributed by atoms with Crippen LogP contribution in [0.1, 0.15) is 0 Å². The quantitative estimate of drug-likeness (QED) is 0.574. The summed E-state index contributed by atoms with van der Waals surface area (Å²) in [7, 11) is 0. The van der Waals surface area contributed by atoms with E-state index in [1.807, 2.05) is 0 Å². The second-order valence-electron chi connectivity index (χ2n) is 1.66. The first kappa shape index (κ1) is 7.90. The molecule has 5 heteroatoms. The second kappa shape index (κ2) is 4.59. The van der Waals surface area contributed by atoms with Crippen LogP contribution >= 0.6 is 0 Å². The molecule has 1 saturated heterocycles. The number of aliphatic hydroxyl groups excluding tert-OH is 1. The van der Waals surface area contributed by atoms with Gasteiger partial charge in [-0.1, -0.05) is 0 Å². The second-order valence-corrected chi connectivity index (χ2v) is 1.66. The monoisotopic (exact) mass is 150 g/mol. The third-order valence-electron chi connectivity index (χ3n) is 0.920. The van der Waals surface area contributed by atoms with Crippen molar-refractivity contribution in [2.75, 3.05) is 26.8 Å². The van der Waals surface area contributed by atoms with Crippen LogP contribution in [0.25, 0.3) is 0 Å². The molecule has 1 aliphatic rings. The van der Waals surface area contributed by atoms with E-state index >= 15 is 0 Å². The van der Waals surface area contributed by atoms with Crippen molar-refractivity contribution in [3.8, 4) is 0 Å². The molecule has 1 heterocycles. The molecule has 1 aliphatic heterocycles. The molecule has 0 unspecified atom stereocenters. The molecule has 0 aliphatic carbocycles. The molecule has 0 amide bonds. The van der Waals surface area contributed by atoms with E-state index in [0.717, 1.165) is 0 Å². The summed E-state index contributed by atoms with van der Waals surface area (Å²) >= 11 is 0. The SMILES string of the molecule is OCCOC1OCOCO1. The van der Waals surface area contributed by atoms with Crippen LogP contribution in [0.4, 0.5) is 0 Å². The Balaban J connectivity index is 2.02. The number of hydrogen-bond acceptors (Lipinski definition) is 5. The fourth-order valence-corrected chi connectivity index (χ4v) is 0.535. The van der Waals surface area contributed by atoms with E-state index < -0.39 is 6.48 Å². The normalized spacial score (nSPS) is 21.3. The van der Waals surface area contributed by atoms with Crippen molar-refractivity contribution in [2.24, 2.45) is 0 Å². The first-order chi connectivity index (χ1) is 4.93. The predicted molar refractivity (Wildman–Crippen MR) is 29.8 cm³/mol. The highest BCUT2D eigenvalue weighted by molar-refractivity contribution is 4.28. The van der Waals surface area contributed by atoms with Gasteiger partial charge in [0.2, 0.25) is 0 Å². The van der Waals surface area contributed by atoms with E-state index in [0.29, 0.717) is 0 Å². The summed E-state index contributed by atoms with van der Waals surface area (Å²) < 4.78 is 19.2. The average Bonchev–Trinajstić information content (AvgIpc) is 2.03. The number of ether oxygens (including phenoxy) is 4. The lowest BCUT2D eigenvalue weighted by molar-refractivity contribution is -0.383. The Morgan fingerprint density at radius 2 is 2.10 bits per heavy atom. The van der Waals surface area contributed by atoms with Gasteiger partial charge in [0.05, 0.1) is 13.2 Å². The van der Waals surface area contributed by atoms with Crippen molar-refractivity contribution < 1.29 is 24.1 Å². The summed E-state index contributed by atoms with van der Waals surface area (Å²) in [6, 6.07) is 0. The van der Waals surface area contributed by atoms with E-state index in [-0.39, 0.29) is 26.8 Å². The van der Waals surface area contributed by atoms with Gasteiger partial charge in [-0.2, -0.15) is 0 Å². The van der Waals surface area contributed by atoms with Crippen LogP contribution < -0.4 is 0 Å². The molecular formula is C5H10O5. The number of hydrogen-bond donors (Lipinski definition) is 1. The Morgan fingerprint density at radius 1 is 1.40 bits per heavy atom. The molecule has 0 atom stereocenters. The van der Waals surface area contributed by atoms with Crippen molar-refractivity contribution in [3.63, 3.8) is 0 Å². The minimum atomic E-state index is -0.680. The Kier molecular flexibility index (Phi) is 3.63. The molecule has 0 saturated carbocycles. The Labute approximate surface area is 58.4 Å². The van der Waals surface area contributed by atoms with Gasteiger partial charge in [-0.05, 0) is 0 Å². The van der Waals surface area contributed by atoms with Crippen molar-refractivity contribution in [1.82, 2.24) is 0 Å². The smallest absolute Gasteiger partial charge is 0.275 e. The minimum Gasteiger partial charge on any atom is -0.394 e. The molecule has 1 N–H and O–H groups in total. The molecule has 1 rings (SSSR count). The topological polar surface area (TPSA) is 57.2 Å². The van der Waals surface area contributed by atoms with Crippen LogP contribution in [0.3, 0.4) is 0 Å². The van der Waals surface area contributed by atoms with E-state index in [2.05, 4.69) is 0 Å². The molecule has 0 radical (unpaired) electrons. The Bertz CT molecular complexity index is 80.1. The van der Waals surface area contributed by atoms with Crippen LogP contribution in [0.15, 0.2) is 0 Å². The highest BCUT2D eigenvalue weighted by atomic mass is 16.9. The molecule has 0 bridgehead atoms. The predicted octanol–water partition coefficient (Wildman–Crippen LogP) is -0.743. The van der Waals surface area contributed by atoms with Crippen molar-refractivity contribution in [3.05, 3.63) is 0 Å². The maximum Gasteiger partial charge on any atom is 0.275 e. The number of rotatable bonds is 3. The summed E-state index contributed by atoms with van der Waals surface area (Å²) in [4.78, 5) is 0. The molecule has 60 valence electrons. The van der Waals surface area contributed by atoms with E-state index in [1.54, 1.807) is 0 Å². The van der Waals surface area contributed by atoms with E-state index in [4.69, 9.17) is 24.1 Å². The lowest BCUT2D eigenvalue weighted by Crippen LogP contribution is -2.29. The summed E-state index contributed by atoms with van der Waals surface area (Å²) in [5.41, 5.74) is 0. The van der Waals surface area contributed by atoms with Gasteiger partial charge < -0.3 is 24.1 Å². The Morgan fingerprint density at radius 3 is 2.70 bits per heavy atom. The molecule has 0 aromatic heterocycles. The zero-order valence-corrected chi connectivity index (χ0v) is 5.49. The van der Waals surface area contributed by atoms with Crippen LogP contribution in [-0.4, -0.2) is 38.4 Å². The van der Waals surface area contributed by atoms with Crippen LogP contribution in [0.2, 0.25) is 0 Å². The lowest BCUT2D eigenvalue weighted by atomic mass is 10.8. The van der Waals surface area contributed by atoms with Gasteiger partial charge in [0, 0.05) is 0 Å². The average molecular weight is 150 g/mol. The first-order valence-electron chi connectivity index (χ1n) is 2.97. The van der Waals surface area contributed by atoms with Gasteiger partial charge in [0.25, 0.3) is 6.48 Å². The van der Waals surface area contributed by atoms with E-state index in [9.17, 15) is 0 Å². The Hall–Kier alpha value is -0.200. The van der Waals surface area contributed by atoms with Gasteiger partial charge in [-0.15, -0.1) is 0 Å². The third kappa shape index (κ3) is 2.59. The zero-order valence-electron chi connectivity index (χ0n) is 5.49. The number of aliphatic hydroxyl groups is 1. The molecule has 0 aromatic rings. The van der Waals surface area contributed by atoms with Gasteiger partial charge in [-0.3, -0.25) is 0 Å². The molecule has 5 nitrogen and oxygen atoms in total. The first-order valence-corrected chi connectivity index (χ1v) is 2.97. The van der Waals surface area contributed by atoms with Gasteiger partial charge in [0.1, 0.15) is 0 Å². The lowest BCUT2D eigenvalue weighted by Gasteiger charge is -2.22. The van der Waals surface area contributed by atoms with Gasteiger partial charge >= 0.3 is 0 Å². The van der Waals surface area contributed by atoms with Crippen molar-refractivity contribution in [1.29, 1.82) is 0 Å². The summed E-state index contributed by atoms with van der Waals surface area (Å²) in [5, 5.41) is 8.33. The zero-order chi connectivity index (χ0) is 7.23. The molecular weight excluding hydrogens is 140 g/mol. The van der Waals surface area contributed by atoms with Gasteiger partial charge in [-0.25, -0.2) is 0 Å². The molecule has 10 heavy (non-hydrogen) atoms. The summed E-state index contributed by atoms with van der Waals surface area (Å²) in [6.45, 7) is -0.151. The summed E-state index contributed by atoms with van der Waals surface area (Å²) in [6.07, 6.45) is 0. The fourth-order valence-electron chi connectivity index (χ4n) is 0.535. The minimum absolute atomic E-state index is 0.0376. The van der Waals surface area contributed by atoms with Crippen LogP contribution in [0, 0.1) is 0 Å². The highest BCUT2D eigenvalue weighted by Crippen LogP contribution is 2.02. The van der Waals surface area contributed by atoms with Crippen molar-refractivity contribution >= 4 is 0 Å². The van der Waals surface area contributed by atoms with Crippen LogP contribution in [0.5, 0.6) is 0 Å². The largest absolute Gasteiger partial charge is 0.394 e. The maximum absolute atomic E-state index is 8.33. The van der Waals surface area contributed by atoms with Crippen LogP contribution in [-0.2, 0) is 18.9 Å². The molecule has 0 aromatic carbocycles. The fraction of sp³-hybridized carbons (Fsp3) is 1.00. The third-order valence-corrected chi connectivity index (χ3v) is 0.920. The highest BCUT2D eigenvalue weighted by Gasteiger charge is 2.13. The van der Waals surface area contributed by atoms with Gasteiger partial charge in [0.15, 0.2) is 13.6 Å². The van der Waals surface area contributed by atoms with E-state index in [1.165, 1.54) is 0 Å².